The summed E-state index contributed by atoms with van der Waals surface area (Å²) < 4.78 is 5.67. The number of carbonyl (C=O) groups is 4. The summed E-state index contributed by atoms with van der Waals surface area (Å²) in [5, 5.41) is 3.31. The highest BCUT2D eigenvalue weighted by Gasteiger charge is 2.41. The van der Waals surface area contributed by atoms with E-state index in [9.17, 15) is 19.2 Å². The summed E-state index contributed by atoms with van der Waals surface area (Å²) in [6.07, 6.45) is 5.06. The van der Waals surface area contributed by atoms with Crippen molar-refractivity contribution >= 4 is 23.9 Å². The number of benzene rings is 3. The summed E-state index contributed by atoms with van der Waals surface area (Å²) >= 11 is 0. The topological polar surface area (TPSA) is 102 Å². The van der Waals surface area contributed by atoms with Crippen LogP contribution in [0.5, 0.6) is 0 Å². The van der Waals surface area contributed by atoms with E-state index in [0.717, 1.165) is 60.8 Å². The van der Waals surface area contributed by atoms with Gasteiger partial charge in [0.25, 0.3) is 11.8 Å². The van der Waals surface area contributed by atoms with E-state index in [-0.39, 0.29) is 36.1 Å². The summed E-state index contributed by atoms with van der Waals surface area (Å²) in [6.45, 7) is 0.150. The maximum Gasteiger partial charge on any atom is 0.407 e. The van der Waals surface area contributed by atoms with Crippen molar-refractivity contribution in [3.8, 4) is 11.1 Å². The summed E-state index contributed by atoms with van der Waals surface area (Å²) in [4.78, 5) is 57.3. The molecule has 1 N–H and O–H groups in total. The largest absolute Gasteiger partial charge is 0.449 e. The molecule has 3 amide bonds. The lowest BCUT2D eigenvalue weighted by Gasteiger charge is -2.26. The summed E-state index contributed by atoms with van der Waals surface area (Å²) in [5.74, 6) is -2.88. The fourth-order valence-corrected chi connectivity index (χ4v) is 6.41. The van der Waals surface area contributed by atoms with E-state index in [2.05, 4.69) is 29.6 Å². The molecule has 0 spiro atoms. The molecule has 1 fully saturated rings. The third-order valence-corrected chi connectivity index (χ3v) is 8.52. The molecule has 1 heterocycles. The minimum absolute atomic E-state index is 0.0106. The minimum Gasteiger partial charge on any atom is -0.449 e. The lowest BCUT2D eigenvalue weighted by molar-refractivity contribution is -0.175. The molecule has 3 aliphatic rings. The number of imide groups is 1. The van der Waals surface area contributed by atoms with Crippen LogP contribution in [0.15, 0.2) is 72.8 Å². The van der Waals surface area contributed by atoms with Gasteiger partial charge in [0.2, 0.25) is 0 Å². The maximum absolute atomic E-state index is 13.4. The van der Waals surface area contributed by atoms with Gasteiger partial charge < -0.3 is 14.9 Å². The lowest BCUT2D eigenvalue weighted by Crippen LogP contribution is -2.42. The van der Waals surface area contributed by atoms with Crippen LogP contribution < -0.4 is 5.32 Å². The number of amides is 3. The number of ether oxygens (including phenoxy) is 1. The molecule has 1 aliphatic heterocycles. The average Bonchev–Trinajstić information content (AvgIpc) is 3.26. The molecule has 6 rings (SSSR count). The zero-order valence-corrected chi connectivity index (χ0v) is 22.7. The van der Waals surface area contributed by atoms with Crippen molar-refractivity contribution in [2.24, 2.45) is 11.8 Å². The number of nitrogens with one attached hydrogen (secondary N) is 1. The quantitative estimate of drug-likeness (QED) is 0.291. The Bertz CT molecular complexity index is 1410. The molecular weight excluding hydrogens is 520 g/mol. The first kappa shape index (κ1) is 26.7. The second kappa shape index (κ2) is 11.6. The van der Waals surface area contributed by atoms with Crippen LogP contribution in [0.1, 0.15) is 76.3 Å². The van der Waals surface area contributed by atoms with Gasteiger partial charge in [-0.25, -0.2) is 9.59 Å². The Morgan fingerprint density at radius 3 is 1.83 bits per heavy atom. The van der Waals surface area contributed by atoms with Crippen LogP contribution in [0.25, 0.3) is 11.1 Å². The van der Waals surface area contributed by atoms with Crippen LogP contribution in [0.2, 0.25) is 0 Å². The molecule has 1 atom stereocenters. The van der Waals surface area contributed by atoms with Gasteiger partial charge in [-0.3, -0.25) is 9.59 Å². The Kier molecular flexibility index (Phi) is 7.55. The molecule has 8 nitrogen and oxygen atoms in total. The number of nitrogens with zero attached hydrogens (tertiary/aromatic N) is 1. The molecule has 1 unspecified atom stereocenters. The van der Waals surface area contributed by atoms with Crippen molar-refractivity contribution in [1.29, 1.82) is 0 Å². The molecule has 3 aromatic carbocycles. The van der Waals surface area contributed by atoms with Crippen molar-refractivity contribution in [3.05, 3.63) is 95.1 Å². The highest BCUT2D eigenvalue weighted by Crippen LogP contribution is 2.44. The Morgan fingerprint density at radius 2 is 1.27 bits per heavy atom. The Balaban J connectivity index is 1.12. The molecule has 0 radical (unpaired) electrons. The van der Waals surface area contributed by atoms with Gasteiger partial charge in [0.05, 0.1) is 17.0 Å². The first-order valence-electron chi connectivity index (χ1n) is 14.3. The molecule has 0 saturated heterocycles. The highest BCUT2D eigenvalue weighted by atomic mass is 16.7. The molecule has 0 bridgehead atoms. The van der Waals surface area contributed by atoms with Gasteiger partial charge in [-0.2, -0.15) is 0 Å². The molecule has 2 aliphatic carbocycles. The van der Waals surface area contributed by atoms with Crippen LogP contribution in [0.3, 0.4) is 0 Å². The van der Waals surface area contributed by atoms with Crippen molar-refractivity contribution < 1.29 is 28.8 Å². The molecule has 8 heteroatoms. The van der Waals surface area contributed by atoms with Gasteiger partial charge in [-0.05, 0) is 53.1 Å². The number of alkyl carbamates (subject to hydrolysis) is 1. The number of hydroxylamine groups is 2. The van der Waals surface area contributed by atoms with E-state index in [1.54, 1.807) is 12.1 Å². The molecular formula is C33H32N2O6. The summed E-state index contributed by atoms with van der Waals surface area (Å²) in [6, 6.07) is 22.6. The molecule has 3 aromatic rings. The predicted molar refractivity (Wildman–Crippen MR) is 151 cm³/mol. The molecule has 41 heavy (non-hydrogen) atoms. The first-order valence-corrected chi connectivity index (χ1v) is 14.3. The van der Waals surface area contributed by atoms with E-state index >= 15 is 0 Å². The lowest BCUT2D eigenvalue weighted by atomic mass is 9.86. The fourth-order valence-electron chi connectivity index (χ4n) is 6.41. The van der Waals surface area contributed by atoms with Crippen LogP contribution >= 0.6 is 0 Å². The number of fused-ring (bicyclic) bond motifs is 4. The third kappa shape index (κ3) is 5.22. The number of hydrogen-bond donors (Lipinski definition) is 1. The van der Waals surface area contributed by atoms with Gasteiger partial charge in [0.1, 0.15) is 6.61 Å². The van der Waals surface area contributed by atoms with Crippen LogP contribution in [0.4, 0.5) is 4.79 Å². The van der Waals surface area contributed by atoms with E-state index in [1.165, 1.54) is 12.1 Å². The first-order chi connectivity index (χ1) is 20.0. The van der Waals surface area contributed by atoms with Gasteiger partial charge in [-0.1, -0.05) is 91.4 Å². The predicted octanol–water partition coefficient (Wildman–Crippen LogP) is 5.87. The van der Waals surface area contributed by atoms with Crippen molar-refractivity contribution in [3.63, 3.8) is 0 Å². The van der Waals surface area contributed by atoms with Crippen LogP contribution in [0, 0.1) is 11.8 Å². The second-order valence-corrected chi connectivity index (χ2v) is 10.9. The maximum atomic E-state index is 13.4. The Morgan fingerprint density at radius 1 is 0.756 bits per heavy atom. The third-order valence-electron chi connectivity index (χ3n) is 8.52. The fraction of sp³-hybridized carbons (Fsp3) is 0.333. The zero-order chi connectivity index (χ0) is 28.3. The van der Waals surface area contributed by atoms with E-state index < -0.39 is 29.8 Å². The van der Waals surface area contributed by atoms with Crippen molar-refractivity contribution in [1.82, 2.24) is 10.4 Å². The van der Waals surface area contributed by atoms with E-state index in [0.29, 0.717) is 5.06 Å². The minimum atomic E-state index is -0.724. The number of rotatable bonds is 7. The standard InChI is InChI=1S/C33H32N2O6/c36-30-26-17-9-10-18-27(26)31(37)35(30)41-32(38)28(21-11-3-1-2-4-12-21)19-34-33(39)40-20-29-24-15-7-5-13-22(24)23-14-6-8-16-25(23)29/h5-10,13-18,21,28-29H,1-4,11-12,19-20H2,(H,34,39). The number of hydrogen-bond acceptors (Lipinski definition) is 6. The molecule has 1 saturated carbocycles. The zero-order valence-electron chi connectivity index (χ0n) is 22.7. The molecule has 210 valence electrons. The van der Waals surface area contributed by atoms with Crippen LogP contribution in [-0.4, -0.2) is 42.1 Å². The van der Waals surface area contributed by atoms with E-state index in [1.807, 2.05) is 24.3 Å². The smallest absolute Gasteiger partial charge is 0.407 e. The number of carbonyl (C=O) groups excluding carboxylic acids is 4. The van der Waals surface area contributed by atoms with E-state index in [4.69, 9.17) is 9.57 Å². The highest BCUT2D eigenvalue weighted by molar-refractivity contribution is 6.20. The van der Waals surface area contributed by atoms with Crippen molar-refractivity contribution in [2.75, 3.05) is 13.2 Å². The monoisotopic (exact) mass is 552 g/mol. The van der Waals surface area contributed by atoms with Crippen LogP contribution in [-0.2, 0) is 14.4 Å². The van der Waals surface area contributed by atoms with Gasteiger partial charge in [0, 0.05) is 12.5 Å². The summed E-state index contributed by atoms with van der Waals surface area (Å²) in [7, 11) is 0. The van der Waals surface area contributed by atoms with Gasteiger partial charge in [-0.15, -0.1) is 0 Å². The van der Waals surface area contributed by atoms with Gasteiger partial charge in [0.15, 0.2) is 0 Å². The Hall–Kier alpha value is -4.46. The normalized spacial score (nSPS) is 17.3. The second-order valence-electron chi connectivity index (χ2n) is 10.9. The molecule has 0 aromatic heterocycles. The summed E-state index contributed by atoms with van der Waals surface area (Å²) in [5.41, 5.74) is 4.91. The Labute approximate surface area is 238 Å². The SMILES string of the molecule is O=C(NCC(C(=O)ON1C(=O)c2ccccc2C1=O)C1CCCCCC1)OCC1c2ccccc2-c2ccccc21. The average molecular weight is 553 g/mol. The van der Waals surface area contributed by atoms with Gasteiger partial charge >= 0.3 is 12.1 Å². The van der Waals surface area contributed by atoms with Crippen molar-refractivity contribution in [2.45, 2.75) is 44.4 Å².